The maximum atomic E-state index is 12.6. The molecule has 2 unspecified atom stereocenters. The quantitative estimate of drug-likeness (QED) is 0.188. The summed E-state index contributed by atoms with van der Waals surface area (Å²) in [6.07, 6.45) is 10.1. The molecule has 9 rings (SSSR count). The number of carbonyl (C=O) groups is 3. The van der Waals surface area contributed by atoms with Crippen LogP contribution in [0.25, 0.3) is 21.5 Å². The van der Waals surface area contributed by atoms with Crippen LogP contribution in [0.3, 0.4) is 0 Å². The summed E-state index contributed by atoms with van der Waals surface area (Å²) in [6, 6.07) is 17.3. The van der Waals surface area contributed by atoms with Crippen LogP contribution < -0.4 is 0 Å². The molecule has 3 fully saturated rings. The number of methoxy groups -OCH3 is 1. The van der Waals surface area contributed by atoms with Crippen molar-refractivity contribution in [3.8, 4) is 11.5 Å². The second kappa shape index (κ2) is 12.0. The highest BCUT2D eigenvalue weighted by Gasteiger charge is 2.69. The number of rotatable bonds is 5. The normalized spacial score (nSPS) is 27.1. The molecule has 0 amide bonds. The zero-order valence-corrected chi connectivity index (χ0v) is 28.1. The van der Waals surface area contributed by atoms with Gasteiger partial charge in [-0.1, -0.05) is 60.7 Å². The highest BCUT2D eigenvalue weighted by molar-refractivity contribution is 6.02. The van der Waals surface area contributed by atoms with Crippen molar-refractivity contribution in [2.45, 2.75) is 31.4 Å². The second-order valence-corrected chi connectivity index (χ2v) is 14.1. The number of hydrogen-bond acceptors (Lipinski definition) is 8. The zero-order chi connectivity index (χ0) is 35.8. The van der Waals surface area contributed by atoms with Gasteiger partial charge in [-0.3, -0.25) is 4.79 Å². The molecule has 1 spiro atoms. The molecule has 2 aliphatic heterocycles. The summed E-state index contributed by atoms with van der Waals surface area (Å²) >= 11 is 0. The van der Waals surface area contributed by atoms with Crippen molar-refractivity contribution < 1.29 is 44.3 Å². The molecule has 3 aliphatic carbocycles. The van der Waals surface area contributed by atoms with Crippen LogP contribution in [0.4, 0.5) is 0 Å². The number of aromatic hydroxyl groups is 2. The number of allylic oxidation sites excluding steroid dienone is 3. The molecule has 2 bridgehead atoms. The van der Waals surface area contributed by atoms with Crippen molar-refractivity contribution in [3.05, 3.63) is 119 Å². The summed E-state index contributed by atoms with van der Waals surface area (Å²) in [5.74, 6) is -0.288. The van der Waals surface area contributed by atoms with E-state index in [-0.39, 0.29) is 34.8 Å². The first-order valence-corrected chi connectivity index (χ1v) is 17.0. The molecule has 4 aromatic carbocycles. The molecule has 51 heavy (non-hydrogen) atoms. The third-order valence-corrected chi connectivity index (χ3v) is 11.8. The first kappa shape index (κ1) is 32.6. The van der Waals surface area contributed by atoms with Gasteiger partial charge in [-0.15, -0.1) is 0 Å². The van der Waals surface area contributed by atoms with Crippen molar-refractivity contribution in [1.29, 1.82) is 0 Å². The minimum atomic E-state index is -1.28. The predicted molar refractivity (Wildman–Crippen MR) is 189 cm³/mol. The number of ketones is 1. The second-order valence-electron chi connectivity index (χ2n) is 14.1. The summed E-state index contributed by atoms with van der Waals surface area (Å²) in [6.45, 7) is 1.05. The minimum absolute atomic E-state index is 0.0407. The van der Waals surface area contributed by atoms with Crippen LogP contribution >= 0.6 is 0 Å². The first-order valence-electron chi connectivity index (χ1n) is 17.0. The molecule has 6 atom stereocenters. The van der Waals surface area contributed by atoms with Crippen LogP contribution in [0.15, 0.2) is 96.5 Å². The van der Waals surface area contributed by atoms with Crippen LogP contribution in [-0.4, -0.2) is 75.9 Å². The maximum absolute atomic E-state index is 12.6. The largest absolute Gasteiger partial charge is 0.507 e. The third kappa shape index (κ3) is 4.84. The third-order valence-electron chi connectivity index (χ3n) is 11.8. The molecule has 4 aromatic rings. The molecule has 4 N–H and O–H groups in total. The zero-order valence-electron chi connectivity index (χ0n) is 28.1. The summed E-state index contributed by atoms with van der Waals surface area (Å²) in [5, 5.41) is 42.8. The summed E-state index contributed by atoms with van der Waals surface area (Å²) < 4.78 is 11.8. The fourth-order valence-electron chi connectivity index (χ4n) is 9.52. The van der Waals surface area contributed by atoms with Gasteiger partial charge in [0.15, 0.2) is 17.6 Å². The molecule has 0 aromatic heterocycles. The standard InChI is InChI=1S/C23H16O6.C18H21NO3/c24-20-16(14-7-3-1-5-12(14)9-18(20)22(26)27)11-17-15-8-4-2-6-13(15)10-19(21(17)25)23(28)29;1-19-8-7-18-11-4-5-13(20)17(18)22-16-14(21-2)6-3-10(15(16)18)9-12(11)19/h1-10,24-25H,11H2,(H,26,27)(H,28,29);3-6,10-12,15,17H,7-9H2,1-2H3/t;10?,11-,12+,15?,17-,18-/m.0/s1. The summed E-state index contributed by atoms with van der Waals surface area (Å²) in [7, 11) is 3.91. The lowest BCUT2D eigenvalue weighted by Crippen LogP contribution is -2.64. The number of carboxylic acid groups (broad SMARTS) is 2. The van der Waals surface area contributed by atoms with Crippen LogP contribution in [-0.2, 0) is 20.7 Å². The Hall–Kier alpha value is -5.61. The number of carboxylic acids is 2. The number of carbonyl (C=O) groups excluding carboxylic acids is 1. The van der Waals surface area contributed by atoms with E-state index in [1.807, 2.05) is 6.08 Å². The first-order chi connectivity index (χ1) is 24.5. The molecule has 1 saturated carbocycles. The highest BCUT2D eigenvalue weighted by atomic mass is 16.5. The topological polar surface area (TPSA) is 154 Å². The van der Waals surface area contributed by atoms with E-state index in [0.29, 0.717) is 56.5 Å². The van der Waals surface area contributed by atoms with Crippen molar-refractivity contribution in [1.82, 2.24) is 4.90 Å². The smallest absolute Gasteiger partial charge is 0.339 e. The highest BCUT2D eigenvalue weighted by Crippen LogP contribution is 2.66. The fourth-order valence-corrected chi connectivity index (χ4v) is 9.52. The fraction of sp³-hybridized carbons (Fsp3) is 0.293. The van der Waals surface area contributed by atoms with Gasteiger partial charge in [0, 0.05) is 40.8 Å². The molecule has 5 aliphatic rings. The van der Waals surface area contributed by atoms with E-state index in [0.717, 1.165) is 30.9 Å². The monoisotopic (exact) mass is 687 g/mol. The number of ether oxygens (including phenoxy) is 2. The molecular weight excluding hydrogens is 650 g/mol. The molecule has 10 heteroatoms. The lowest BCUT2D eigenvalue weighted by Gasteiger charge is -2.59. The Labute approximate surface area is 293 Å². The van der Waals surface area contributed by atoms with Crippen LogP contribution in [0.2, 0.25) is 0 Å². The molecule has 0 radical (unpaired) electrons. The average Bonchev–Trinajstić information content (AvgIpc) is 3.48. The van der Waals surface area contributed by atoms with E-state index < -0.39 is 23.4 Å². The minimum Gasteiger partial charge on any atom is -0.507 e. The number of nitrogens with zero attached hydrogens (tertiary/aromatic N) is 1. The molecule has 10 nitrogen and oxygen atoms in total. The molecule has 260 valence electrons. The van der Waals surface area contributed by atoms with E-state index in [2.05, 4.69) is 24.1 Å². The average molecular weight is 688 g/mol. The van der Waals surface area contributed by atoms with E-state index in [9.17, 15) is 34.8 Å². The van der Waals surface area contributed by atoms with Crippen LogP contribution in [0, 0.1) is 23.2 Å². The Balaban J connectivity index is 0.000000152. The lowest BCUT2D eigenvalue weighted by atomic mass is 9.48. The number of benzene rings is 4. The predicted octanol–water partition coefficient (Wildman–Crippen LogP) is 6.29. The van der Waals surface area contributed by atoms with Crippen LogP contribution in [0.1, 0.15) is 44.7 Å². The van der Waals surface area contributed by atoms with Crippen molar-refractivity contribution in [2.24, 2.45) is 23.2 Å². The van der Waals surface area contributed by atoms with E-state index >= 15 is 0 Å². The van der Waals surface area contributed by atoms with Crippen molar-refractivity contribution >= 4 is 39.3 Å². The number of hydrogen-bond donors (Lipinski definition) is 4. The van der Waals surface area contributed by atoms with E-state index in [1.54, 1.807) is 61.7 Å². The maximum Gasteiger partial charge on any atom is 0.339 e. The van der Waals surface area contributed by atoms with Gasteiger partial charge in [0.05, 0.1) is 7.11 Å². The number of likely N-dealkylation sites (tertiary alicyclic amines) is 1. The summed E-state index contributed by atoms with van der Waals surface area (Å²) in [4.78, 5) is 38.2. The number of fused-ring (bicyclic) bond motifs is 2. The number of aromatic carboxylic acids is 2. The van der Waals surface area contributed by atoms with E-state index in [1.165, 1.54) is 12.1 Å². The Morgan fingerprint density at radius 3 is 2.06 bits per heavy atom. The molecule has 2 heterocycles. The Morgan fingerprint density at radius 2 is 1.49 bits per heavy atom. The van der Waals surface area contributed by atoms with Gasteiger partial charge in [-0.25, -0.2) is 9.59 Å². The molecular formula is C41H37NO9. The van der Waals surface area contributed by atoms with Gasteiger partial charge in [0.25, 0.3) is 0 Å². The Bertz CT molecular complexity index is 2150. The van der Waals surface area contributed by atoms with Gasteiger partial charge in [-0.2, -0.15) is 0 Å². The van der Waals surface area contributed by atoms with Gasteiger partial charge in [0.2, 0.25) is 0 Å². The summed E-state index contributed by atoms with van der Waals surface area (Å²) in [5.41, 5.74) is 0.0521. The van der Waals surface area contributed by atoms with Gasteiger partial charge in [0.1, 0.15) is 28.4 Å². The number of piperidine rings is 1. The molecule has 2 saturated heterocycles. The lowest BCUT2D eigenvalue weighted by molar-refractivity contribution is -0.140. The van der Waals surface area contributed by atoms with Gasteiger partial charge >= 0.3 is 11.9 Å². The number of phenols is 2. The van der Waals surface area contributed by atoms with Crippen LogP contribution in [0.5, 0.6) is 11.5 Å². The SMILES string of the molecule is COC1=C2O[C@H]3C(=O)C=C[C@H]4[C@H]5CC(C=C1)C2[C@@]34CCN5C.O=C(O)c1cc2ccccc2c(Cc2c(O)c(C(=O)O)cc3ccccc23)c1O. The van der Waals surface area contributed by atoms with Crippen molar-refractivity contribution in [2.75, 3.05) is 20.7 Å². The van der Waals surface area contributed by atoms with Crippen molar-refractivity contribution in [3.63, 3.8) is 0 Å². The van der Waals surface area contributed by atoms with Gasteiger partial charge in [-0.05, 0) is 78.2 Å². The Kier molecular flexibility index (Phi) is 7.68. The Morgan fingerprint density at radius 1 is 0.902 bits per heavy atom. The van der Waals surface area contributed by atoms with E-state index in [4.69, 9.17) is 9.47 Å². The van der Waals surface area contributed by atoms with Gasteiger partial charge < -0.3 is 34.8 Å².